The summed E-state index contributed by atoms with van der Waals surface area (Å²) in [5.74, 6) is -0.185. The first kappa shape index (κ1) is 14.5. The molecule has 1 aromatic carbocycles. The highest BCUT2D eigenvalue weighted by Gasteiger charge is 2.33. The van der Waals surface area contributed by atoms with Gasteiger partial charge in [0.15, 0.2) is 0 Å². The molecule has 19 heavy (non-hydrogen) atoms. The lowest BCUT2D eigenvalue weighted by atomic mass is 9.84. The molecule has 0 saturated carbocycles. The lowest BCUT2D eigenvalue weighted by Gasteiger charge is -2.33. The summed E-state index contributed by atoms with van der Waals surface area (Å²) in [6.07, 6.45) is 0.743. The quantitative estimate of drug-likeness (QED) is 0.836. The largest absolute Gasteiger partial charge is 0.372 e. The summed E-state index contributed by atoms with van der Waals surface area (Å²) in [5.41, 5.74) is 0.832. The molecule has 1 saturated heterocycles. The lowest BCUT2D eigenvalue weighted by Crippen LogP contribution is -2.45. The minimum Gasteiger partial charge on any atom is -0.372 e. The van der Waals surface area contributed by atoms with E-state index in [1.165, 1.54) is 6.07 Å². The highest BCUT2D eigenvalue weighted by molar-refractivity contribution is 5.21. The zero-order chi connectivity index (χ0) is 14.0. The van der Waals surface area contributed by atoms with Crippen LogP contribution in [0.25, 0.3) is 0 Å². The Bertz CT molecular complexity index is 427. The van der Waals surface area contributed by atoms with Gasteiger partial charge in [-0.15, -0.1) is 0 Å². The van der Waals surface area contributed by atoms with Gasteiger partial charge in [-0.05, 0) is 24.8 Å². The monoisotopic (exact) mass is 265 g/mol. The summed E-state index contributed by atoms with van der Waals surface area (Å²) < 4.78 is 19.8. The summed E-state index contributed by atoms with van der Waals surface area (Å²) in [4.78, 5) is 0. The predicted octanol–water partition coefficient (Wildman–Crippen LogP) is 3.68. The third-order valence-corrected chi connectivity index (χ3v) is 3.88. The van der Waals surface area contributed by atoms with Gasteiger partial charge in [0.2, 0.25) is 0 Å². The van der Waals surface area contributed by atoms with Crippen molar-refractivity contribution in [2.45, 2.75) is 52.3 Å². The van der Waals surface area contributed by atoms with Gasteiger partial charge in [0.05, 0.1) is 0 Å². The average Bonchev–Trinajstić information content (AvgIpc) is 2.51. The first-order chi connectivity index (χ1) is 8.89. The van der Waals surface area contributed by atoms with E-state index in [9.17, 15) is 4.39 Å². The highest BCUT2D eigenvalue weighted by Crippen LogP contribution is 2.31. The Balaban J connectivity index is 2.19. The van der Waals surface area contributed by atoms with E-state index in [0.717, 1.165) is 6.42 Å². The minimum atomic E-state index is -0.214. The van der Waals surface area contributed by atoms with Crippen molar-refractivity contribution < 1.29 is 9.13 Å². The molecule has 1 N–H and O–H groups in total. The molecule has 0 spiro atoms. The minimum absolute atomic E-state index is 0.101. The molecule has 2 rings (SSSR count). The van der Waals surface area contributed by atoms with E-state index in [-0.39, 0.29) is 23.4 Å². The predicted molar refractivity (Wildman–Crippen MR) is 75.6 cm³/mol. The Morgan fingerprint density at radius 1 is 1.26 bits per heavy atom. The number of hydrogen-bond donors (Lipinski definition) is 1. The van der Waals surface area contributed by atoms with Crippen molar-refractivity contribution in [1.82, 2.24) is 5.32 Å². The standard InChI is InChI=1S/C16H24FNO/c1-11-15(12-7-5-6-8-13(12)17)19-10-9-14(18-11)16(2,3)4/h5-8,11,14-15,18H,9-10H2,1-4H3. The van der Waals surface area contributed by atoms with Crippen LogP contribution < -0.4 is 5.32 Å². The van der Waals surface area contributed by atoms with Gasteiger partial charge in [-0.1, -0.05) is 39.0 Å². The second kappa shape index (κ2) is 5.59. The normalized spacial score (nSPS) is 29.0. The molecule has 3 heteroatoms. The van der Waals surface area contributed by atoms with E-state index in [0.29, 0.717) is 18.2 Å². The van der Waals surface area contributed by atoms with Crippen molar-refractivity contribution in [2.24, 2.45) is 5.41 Å². The number of halogens is 1. The molecule has 0 radical (unpaired) electrons. The Hall–Kier alpha value is -0.930. The first-order valence-electron chi connectivity index (χ1n) is 7.01. The molecule has 2 nitrogen and oxygen atoms in total. The third kappa shape index (κ3) is 3.34. The molecule has 1 heterocycles. The molecular weight excluding hydrogens is 241 g/mol. The van der Waals surface area contributed by atoms with E-state index in [1.54, 1.807) is 6.07 Å². The van der Waals surface area contributed by atoms with Gasteiger partial charge in [-0.2, -0.15) is 0 Å². The van der Waals surface area contributed by atoms with Gasteiger partial charge in [-0.3, -0.25) is 0 Å². The van der Waals surface area contributed by atoms with Crippen molar-refractivity contribution in [3.63, 3.8) is 0 Å². The molecule has 3 atom stereocenters. The van der Waals surface area contributed by atoms with Crippen LogP contribution in [0.2, 0.25) is 0 Å². The number of rotatable bonds is 1. The van der Waals surface area contributed by atoms with Crippen LogP contribution >= 0.6 is 0 Å². The fourth-order valence-electron chi connectivity index (χ4n) is 2.69. The van der Waals surface area contributed by atoms with E-state index in [1.807, 2.05) is 12.1 Å². The molecule has 0 aromatic heterocycles. The second-order valence-corrected chi connectivity index (χ2v) is 6.48. The molecule has 3 unspecified atom stereocenters. The fourth-order valence-corrected chi connectivity index (χ4v) is 2.69. The zero-order valence-corrected chi connectivity index (χ0v) is 12.2. The second-order valence-electron chi connectivity index (χ2n) is 6.48. The van der Waals surface area contributed by atoms with Gasteiger partial charge in [0.1, 0.15) is 11.9 Å². The summed E-state index contributed by atoms with van der Waals surface area (Å²) in [5, 5.41) is 3.60. The maximum Gasteiger partial charge on any atom is 0.129 e. The van der Waals surface area contributed by atoms with E-state index in [2.05, 4.69) is 33.0 Å². The maximum atomic E-state index is 13.9. The van der Waals surface area contributed by atoms with Gasteiger partial charge in [0.25, 0.3) is 0 Å². The zero-order valence-electron chi connectivity index (χ0n) is 12.2. The SMILES string of the molecule is CC1NC(C(C)(C)C)CCOC1c1ccccc1F. The topological polar surface area (TPSA) is 21.3 Å². The van der Waals surface area contributed by atoms with Crippen molar-refractivity contribution in [3.8, 4) is 0 Å². The summed E-state index contributed by atoms with van der Waals surface area (Å²) in [6, 6.07) is 7.38. The number of ether oxygens (including phenoxy) is 1. The lowest BCUT2D eigenvalue weighted by molar-refractivity contribution is 0.0435. The molecular formula is C16H24FNO. The molecule has 0 amide bonds. The van der Waals surface area contributed by atoms with Crippen LogP contribution in [-0.2, 0) is 4.74 Å². The molecule has 1 aliphatic heterocycles. The van der Waals surface area contributed by atoms with Crippen LogP contribution in [0.1, 0.15) is 45.8 Å². The summed E-state index contributed by atoms with van der Waals surface area (Å²) >= 11 is 0. The summed E-state index contributed by atoms with van der Waals surface area (Å²) in [6.45, 7) is 9.40. The van der Waals surface area contributed by atoms with Crippen molar-refractivity contribution in [1.29, 1.82) is 0 Å². The number of hydrogen-bond acceptors (Lipinski definition) is 2. The van der Waals surface area contributed by atoms with Gasteiger partial charge < -0.3 is 10.1 Å². The third-order valence-electron chi connectivity index (χ3n) is 3.88. The van der Waals surface area contributed by atoms with Crippen molar-refractivity contribution in [2.75, 3.05) is 6.61 Å². The Morgan fingerprint density at radius 3 is 2.58 bits per heavy atom. The molecule has 0 aliphatic carbocycles. The van der Waals surface area contributed by atoms with Crippen LogP contribution in [0.15, 0.2) is 24.3 Å². The van der Waals surface area contributed by atoms with E-state index >= 15 is 0 Å². The van der Waals surface area contributed by atoms with E-state index in [4.69, 9.17) is 4.74 Å². The van der Waals surface area contributed by atoms with Crippen LogP contribution in [0.5, 0.6) is 0 Å². The van der Waals surface area contributed by atoms with Crippen LogP contribution in [0.3, 0.4) is 0 Å². The number of benzene rings is 1. The first-order valence-corrected chi connectivity index (χ1v) is 7.01. The van der Waals surface area contributed by atoms with Crippen LogP contribution in [0, 0.1) is 11.2 Å². The molecule has 106 valence electrons. The van der Waals surface area contributed by atoms with Crippen molar-refractivity contribution >= 4 is 0 Å². The molecule has 1 aliphatic rings. The van der Waals surface area contributed by atoms with Gasteiger partial charge in [-0.25, -0.2) is 4.39 Å². The Kier molecular flexibility index (Phi) is 4.26. The van der Waals surface area contributed by atoms with Crippen LogP contribution in [-0.4, -0.2) is 18.7 Å². The molecule has 0 bridgehead atoms. The molecule has 1 aromatic rings. The smallest absolute Gasteiger partial charge is 0.129 e. The average molecular weight is 265 g/mol. The van der Waals surface area contributed by atoms with Gasteiger partial charge >= 0.3 is 0 Å². The molecule has 1 fully saturated rings. The maximum absolute atomic E-state index is 13.9. The van der Waals surface area contributed by atoms with Crippen molar-refractivity contribution in [3.05, 3.63) is 35.6 Å². The Labute approximate surface area is 115 Å². The highest BCUT2D eigenvalue weighted by atomic mass is 19.1. The Morgan fingerprint density at radius 2 is 1.95 bits per heavy atom. The number of nitrogens with one attached hydrogen (secondary N) is 1. The summed E-state index contributed by atoms with van der Waals surface area (Å²) in [7, 11) is 0. The van der Waals surface area contributed by atoms with E-state index < -0.39 is 0 Å². The fraction of sp³-hybridized carbons (Fsp3) is 0.625. The van der Waals surface area contributed by atoms with Crippen LogP contribution in [0.4, 0.5) is 4.39 Å². The van der Waals surface area contributed by atoms with Gasteiger partial charge in [0, 0.05) is 24.3 Å².